The Morgan fingerprint density at radius 1 is 1.32 bits per heavy atom. The minimum Gasteiger partial charge on any atom is -0.465 e. The maximum absolute atomic E-state index is 14.0. The van der Waals surface area contributed by atoms with E-state index in [9.17, 15) is 19.5 Å². The van der Waals surface area contributed by atoms with Gasteiger partial charge in [-0.2, -0.15) is 0 Å². The average Bonchev–Trinajstić information content (AvgIpc) is 3.36. The standard InChI is InChI=1S/C26H40N2O6/c1-7-10-11-15-33-24(32)20-19-22(30)28(18(9-3)16-29)21(23(31)27(14-8-2)17(4)5)26(19)13-12-25(20,6)34-26/h7-8,17-21,29H,1-2,9-16H2,3-6H3/t18-,19-,20+,21?,25-,26?/m0/s1. The molecule has 8 nitrogen and oxygen atoms in total. The third-order valence-corrected chi connectivity index (χ3v) is 7.81. The summed E-state index contributed by atoms with van der Waals surface area (Å²) in [7, 11) is 0. The van der Waals surface area contributed by atoms with Gasteiger partial charge in [-0.15, -0.1) is 13.2 Å². The number of carbonyl (C=O) groups is 3. The van der Waals surface area contributed by atoms with Crippen LogP contribution in [0.1, 0.15) is 59.8 Å². The topological polar surface area (TPSA) is 96.4 Å². The number of ether oxygens (including phenoxy) is 2. The molecule has 3 saturated heterocycles. The number of esters is 1. The van der Waals surface area contributed by atoms with Crippen molar-refractivity contribution >= 4 is 17.8 Å². The number of aliphatic hydroxyl groups is 1. The Hall–Kier alpha value is -2.19. The summed E-state index contributed by atoms with van der Waals surface area (Å²) >= 11 is 0. The third-order valence-electron chi connectivity index (χ3n) is 7.81. The van der Waals surface area contributed by atoms with Crippen molar-refractivity contribution in [2.24, 2.45) is 11.8 Å². The average molecular weight is 477 g/mol. The summed E-state index contributed by atoms with van der Waals surface area (Å²) < 4.78 is 12.2. The molecular formula is C26H40N2O6. The normalized spacial score (nSPS) is 32.6. The van der Waals surface area contributed by atoms with Crippen LogP contribution < -0.4 is 0 Å². The molecule has 3 heterocycles. The molecule has 1 spiro atoms. The van der Waals surface area contributed by atoms with Gasteiger partial charge in [0.1, 0.15) is 17.6 Å². The SMILES string of the molecule is C=CCCCOC(=O)[C@H]1[C@H]2C(=O)N([C@@H](CC)CO)C(C(=O)N(CC=C)C(C)C)C23CC[C@]1(C)O3. The molecule has 8 heteroatoms. The lowest BCUT2D eigenvalue weighted by Gasteiger charge is -2.40. The molecule has 1 N–H and O–H groups in total. The molecular weight excluding hydrogens is 436 g/mol. The Morgan fingerprint density at radius 2 is 2.03 bits per heavy atom. The first-order valence-corrected chi connectivity index (χ1v) is 12.5. The lowest BCUT2D eigenvalue weighted by molar-refractivity contribution is -0.162. The molecule has 3 fully saturated rings. The van der Waals surface area contributed by atoms with Crippen LogP contribution in [-0.4, -0.2) is 81.8 Å². The third kappa shape index (κ3) is 4.09. The van der Waals surface area contributed by atoms with Gasteiger partial charge in [0.25, 0.3) is 0 Å². The van der Waals surface area contributed by atoms with Crippen molar-refractivity contribution < 1.29 is 29.0 Å². The Balaban J connectivity index is 2.04. The van der Waals surface area contributed by atoms with Crippen LogP contribution in [0.4, 0.5) is 0 Å². The van der Waals surface area contributed by atoms with Crippen molar-refractivity contribution in [2.75, 3.05) is 19.8 Å². The highest BCUT2D eigenvalue weighted by molar-refractivity contribution is 5.98. The van der Waals surface area contributed by atoms with E-state index >= 15 is 0 Å². The van der Waals surface area contributed by atoms with Crippen LogP contribution in [0.3, 0.4) is 0 Å². The summed E-state index contributed by atoms with van der Waals surface area (Å²) in [6.45, 7) is 15.3. The molecule has 0 aromatic heterocycles. The summed E-state index contributed by atoms with van der Waals surface area (Å²) in [6, 6.07) is -1.57. The summed E-state index contributed by atoms with van der Waals surface area (Å²) in [4.78, 5) is 44.4. The highest BCUT2D eigenvalue weighted by Gasteiger charge is 2.79. The minimum atomic E-state index is -1.12. The number of likely N-dealkylation sites (tertiary alicyclic amines) is 1. The number of hydrogen-bond donors (Lipinski definition) is 1. The van der Waals surface area contributed by atoms with Crippen molar-refractivity contribution in [3.8, 4) is 0 Å². The maximum Gasteiger partial charge on any atom is 0.312 e. The van der Waals surface area contributed by atoms with Crippen molar-refractivity contribution in [3.05, 3.63) is 25.3 Å². The predicted molar refractivity (Wildman–Crippen MR) is 128 cm³/mol. The van der Waals surface area contributed by atoms with Crippen LogP contribution in [-0.2, 0) is 23.9 Å². The van der Waals surface area contributed by atoms with E-state index in [-0.39, 0.29) is 31.1 Å². The quantitative estimate of drug-likeness (QED) is 0.264. The van der Waals surface area contributed by atoms with Gasteiger partial charge in [0.15, 0.2) is 0 Å². The van der Waals surface area contributed by atoms with Crippen LogP contribution in [0.2, 0.25) is 0 Å². The second-order valence-corrected chi connectivity index (χ2v) is 10.2. The Morgan fingerprint density at radius 3 is 2.59 bits per heavy atom. The Bertz CT molecular complexity index is 824. The Kier molecular flexibility index (Phi) is 7.92. The number of unbranched alkanes of at least 4 members (excludes halogenated alkanes) is 1. The molecule has 2 amide bonds. The van der Waals surface area contributed by atoms with Crippen molar-refractivity contribution in [2.45, 2.75) is 89.1 Å². The van der Waals surface area contributed by atoms with Gasteiger partial charge in [-0.1, -0.05) is 19.1 Å². The molecule has 0 aliphatic carbocycles. The van der Waals surface area contributed by atoms with E-state index in [4.69, 9.17) is 9.47 Å². The van der Waals surface area contributed by atoms with Crippen molar-refractivity contribution in [1.82, 2.24) is 9.80 Å². The van der Waals surface area contributed by atoms with Crippen LogP contribution in [0.5, 0.6) is 0 Å². The number of hydrogen-bond acceptors (Lipinski definition) is 6. The first kappa shape index (κ1) is 26.4. The fraction of sp³-hybridized carbons (Fsp3) is 0.731. The molecule has 3 rings (SSSR count). The van der Waals surface area contributed by atoms with Gasteiger partial charge < -0.3 is 24.4 Å². The Labute approximate surface area is 202 Å². The van der Waals surface area contributed by atoms with E-state index in [0.29, 0.717) is 32.2 Å². The first-order chi connectivity index (χ1) is 16.1. The zero-order valence-electron chi connectivity index (χ0n) is 21.0. The summed E-state index contributed by atoms with van der Waals surface area (Å²) in [5, 5.41) is 10.1. The second-order valence-electron chi connectivity index (χ2n) is 10.2. The van der Waals surface area contributed by atoms with E-state index in [0.717, 1.165) is 6.42 Å². The molecule has 34 heavy (non-hydrogen) atoms. The maximum atomic E-state index is 14.0. The molecule has 190 valence electrons. The minimum absolute atomic E-state index is 0.119. The van der Waals surface area contributed by atoms with E-state index in [1.165, 1.54) is 4.90 Å². The fourth-order valence-corrected chi connectivity index (χ4v) is 6.15. The molecule has 2 unspecified atom stereocenters. The smallest absolute Gasteiger partial charge is 0.312 e. The molecule has 3 aliphatic rings. The van der Waals surface area contributed by atoms with Gasteiger partial charge in [-0.25, -0.2) is 0 Å². The lowest BCUT2D eigenvalue weighted by atomic mass is 9.66. The molecule has 0 saturated carbocycles. The van der Waals surface area contributed by atoms with E-state index in [1.807, 2.05) is 27.7 Å². The van der Waals surface area contributed by atoms with Crippen LogP contribution in [0.25, 0.3) is 0 Å². The number of aliphatic hydroxyl groups excluding tert-OH is 1. The molecule has 6 atom stereocenters. The van der Waals surface area contributed by atoms with E-state index in [1.54, 1.807) is 17.1 Å². The monoisotopic (exact) mass is 476 g/mol. The van der Waals surface area contributed by atoms with Gasteiger partial charge in [-0.3, -0.25) is 14.4 Å². The van der Waals surface area contributed by atoms with Crippen molar-refractivity contribution in [1.29, 1.82) is 0 Å². The number of nitrogens with zero attached hydrogens (tertiary/aromatic N) is 2. The van der Waals surface area contributed by atoms with Gasteiger partial charge in [0, 0.05) is 12.6 Å². The van der Waals surface area contributed by atoms with E-state index < -0.39 is 41.1 Å². The first-order valence-electron chi connectivity index (χ1n) is 12.5. The number of carbonyl (C=O) groups excluding carboxylic acids is 3. The van der Waals surface area contributed by atoms with Gasteiger partial charge in [-0.05, 0) is 52.9 Å². The molecule has 3 aliphatic heterocycles. The number of fused-ring (bicyclic) bond motifs is 1. The zero-order valence-corrected chi connectivity index (χ0v) is 21.0. The number of amides is 2. The molecule has 0 aromatic carbocycles. The number of rotatable bonds is 12. The fourth-order valence-electron chi connectivity index (χ4n) is 6.15. The summed E-state index contributed by atoms with van der Waals surface area (Å²) in [5.74, 6) is -2.60. The largest absolute Gasteiger partial charge is 0.465 e. The molecule has 2 bridgehead atoms. The number of allylic oxidation sites excluding steroid dienone is 1. The predicted octanol–water partition coefficient (Wildman–Crippen LogP) is 2.45. The highest BCUT2D eigenvalue weighted by atomic mass is 16.6. The van der Waals surface area contributed by atoms with Crippen LogP contribution in [0, 0.1) is 11.8 Å². The molecule has 0 aromatic rings. The highest BCUT2D eigenvalue weighted by Crippen LogP contribution is 2.63. The molecule has 0 radical (unpaired) electrons. The van der Waals surface area contributed by atoms with Gasteiger partial charge in [0.2, 0.25) is 11.8 Å². The van der Waals surface area contributed by atoms with Crippen LogP contribution in [0.15, 0.2) is 25.3 Å². The van der Waals surface area contributed by atoms with E-state index in [2.05, 4.69) is 13.2 Å². The lowest BCUT2D eigenvalue weighted by Crippen LogP contribution is -2.59. The van der Waals surface area contributed by atoms with Crippen molar-refractivity contribution in [3.63, 3.8) is 0 Å². The van der Waals surface area contributed by atoms with Gasteiger partial charge >= 0.3 is 5.97 Å². The summed E-state index contributed by atoms with van der Waals surface area (Å²) in [5.41, 5.74) is -1.99. The second kappa shape index (κ2) is 10.2. The van der Waals surface area contributed by atoms with Crippen LogP contribution >= 0.6 is 0 Å². The summed E-state index contributed by atoms with van der Waals surface area (Å²) in [6.07, 6.45) is 6.34. The van der Waals surface area contributed by atoms with Gasteiger partial charge in [0.05, 0.1) is 30.8 Å². The zero-order chi connectivity index (χ0) is 25.3.